The summed E-state index contributed by atoms with van der Waals surface area (Å²) in [5.74, 6) is 0. The van der Waals surface area contributed by atoms with Gasteiger partial charge in [0, 0.05) is 5.69 Å². The molecule has 0 aromatic heterocycles. The summed E-state index contributed by atoms with van der Waals surface area (Å²) in [7, 11) is 0. The third kappa shape index (κ3) is 2.60. The number of aliphatic hydroxyl groups excluding tert-OH is 1. The average Bonchev–Trinajstić information content (AvgIpc) is 1.93. The Labute approximate surface area is 66.9 Å². The molecule has 0 fully saturated rings. The number of hydrogen-bond acceptors (Lipinski definition) is 2. The van der Waals surface area contributed by atoms with Crippen molar-refractivity contribution in [2.75, 3.05) is 5.32 Å². The van der Waals surface area contributed by atoms with Crippen LogP contribution in [0.3, 0.4) is 0 Å². The highest BCUT2D eigenvalue weighted by molar-refractivity contribution is 5.44. The first kappa shape index (κ1) is 8.08. The van der Waals surface area contributed by atoms with Crippen LogP contribution in [0.15, 0.2) is 24.3 Å². The lowest BCUT2D eigenvalue weighted by molar-refractivity contribution is 0.224. The lowest BCUT2D eigenvalue weighted by atomic mass is 10.2. The summed E-state index contributed by atoms with van der Waals surface area (Å²) in [6.45, 7) is 3.73. The molecule has 0 aliphatic carbocycles. The van der Waals surface area contributed by atoms with E-state index in [1.165, 1.54) is 5.56 Å². The molecule has 60 valence electrons. The molecule has 2 nitrogen and oxygen atoms in total. The van der Waals surface area contributed by atoms with Crippen LogP contribution in [0, 0.1) is 6.92 Å². The van der Waals surface area contributed by atoms with Gasteiger partial charge >= 0.3 is 0 Å². The number of anilines is 1. The first-order valence-corrected chi connectivity index (χ1v) is 3.70. The Morgan fingerprint density at radius 3 is 2.27 bits per heavy atom. The normalized spacial score (nSPS) is 12.6. The molecular weight excluding hydrogens is 138 g/mol. The molecule has 1 aromatic rings. The molecule has 0 saturated carbocycles. The fraction of sp³-hybridized carbons (Fsp3) is 0.333. The van der Waals surface area contributed by atoms with Crippen LogP contribution in [0.1, 0.15) is 12.5 Å². The maximum Gasteiger partial charge on any atom is 0.121 e. The molecule has 1 aromatic carbocycles. The molecule has 11 heavy (non-hydrogen) atoms. The monoisotopic (exact) mass is 151 g/mol. The van der Waals surface area contributed by atoms with Crippen LogP contribution in [0.2, 0.25) is 0 Å². The first-order valence-electron chi connectivity index (χ1n) is 3.70. The lowest BCUT2D eigenvalue weighted by Gasteiger charge is -2.08. The predicted molar refractivity (Wildman–Crippen MR) is 46.5 cm³/mol. The largest absolute Gasteiger partial charge is 0.374 e. The highest BCUT2D eigenvalue weighted by Gasteiger charge is 1.93. The second kappa shape index (κ2) is 3.39. The van der Waals surface area contributed by atoms with Crippen LogP contribution in [0.5, 0.6) is 0 Å². The highest BCUT2D eigenvalue weighted by atomic mass is 16.3. The van der Waals surface area contributed by atoms with Crippen LogP contribution in [-0.2, 0) is 0 Å². The fourth-order valence-electron chi connectivity index (χ4n) is 0.891. The summed E-state index contributed by atoms with van der Waals surface area (Å²) in [6, 6.07) is 7.90. The van der Waals surface area contributed by atoms with Crippen LogP contribution in [0.25, 0.3) is 0 Å². The van der Waals surface area contributed by atoms with Crippen LogP contribution in [-0.4, -0.2) is 11.3 Å². The van der Waals surface area contributed by atoms with Gasteiger partial charge in [-0.2, -0.15) is 0 Å². The smallest absolute Gasteiger partial charge is 0.121 e. The summed E-state index contributed by atoms with van der Waals surface area (Å²) >= 11 is 0. The van der Waals surface area contributed by atoms with E-state index in [9.17, 15) is 0 Å². The predicted octanol–water partition coefficient (Wildman–Crippen LogP) is 1.75. The minimum atomic E-state index is -0.488. The van der Waals surface area contributed by atoms with Gasteiger partial charge in [-0.15, -0.1) is 0 Å². The van der Waals surface area contributed by atoms with E-state index in [1.807, 2.05) is 31.2 Å². The minimum Gasteiger partial charge on any atom is -0.374 e. The molecule has 2 heteroatoms. The van der Waals surface area contributed by atoms with Gasteiger partial charge in [-0.1, -0.05) is 17.7 Å². The molecular formula is C9H13NO. The molecule has 0 amide bonds. The van der Waals surface area contributed by atoms with Gasteiger partial charge in [0.25, 0.3) is 0 Å². The topological polar surface area (TPSA) is 32.3 Å². The molecule has 0 aliphatic heterocycles. The average molecular weight is 151 g/mol. The van der Waals surface area contributed by atoms with Crippen molar-refractivity contribution in [1.82, 2.24) is 0 Å². The Morgan fingerprint density at radius 1 is 1.27 bits per heavy atom. The maximum absolute atomic E-state index is 8.96. The molecule has 0 aliphatic rings. The van der Waals surface area contributed by atoms with Crippen molar-refractivity contribution in [3.05, 3.63) is 29.8 Å². The van der Waals surface area contributed by atoms with E-state index in [-0.39, 0.29) is 0 Å². The number of benzene rings is 1. The SMILES string of the molecule is Cc1ccc(NC(C)O)cc1. The van der Waals surface area contributed by atoms with Crippen molar-refractivity contribution in [2.45, 2.75) is 20.1 Å². The minimum absolute atomic E-state index is 0.488. The summed E-state index contributed by atoms with van der Waals surface area (Å²) < 4.78 is 0. The van der Waals surface area contributed by atoms with Crippen molar-refractivity contribution in [3.8, 4) is 0 Å². The van der Waals surface area contributed by atoms with E-state index < -0.39 is 6.23 Å². The first-order chi connectivity index (χ1) is 5.18. The third-order valence-electron chi connectivity index (χ3n) is 1.43. The van der Waals surface area contributed by atoms with Crippen molar-refractivity contribution >= 4 is 5.69 Å². The zero-order chi connectivity index (χ0) is 8.27. The fourth-order valence-corrected chi connectivity index (χ4v) is 0.891. The van der Waals surface area contributed by atoms with E-state index in [4.69, 9.17) is 5.11 Å². The van der Waals surface area contributed by atoms with Crippen LogP contribution < -0.4 is 5.32 Å². The molecule has 0 heterocycles. The second-order valence-corrected chi connectivity index (χ2v) is 2.69. The molecule has 1 rings (SSSR count). The van der Waals surface area contributed by atoms with Gasteiger partial charge in [0.2, 0.25) is 0 Å². The van der Waals surface area contributed by atoms with Crippen molar-refractivity contribution in [2.24, 2.45) is 0 Å². The van der Waals surface area contributed by atoms with Gasteiger partial charge in [-0.05, 0) is 26.0 Å². The zero-order valence-electron chi connectivity index (χ0n) is 6.83. The van der Waals surface area contributed by atoms with Crippen LogP contribution in [0.4, 0.5) is 5.69 Å². The van der Waals surface area contributed by atoms with Gasteiger partial charge < -0.3 is 10.4 Å². The summed E-state index contributed by atoms with van der Waals surface area (Å²) in [4.78, 5) is 0. The lowest BCUT2D eigenvalue weighted by Crippen LogP contribution is -2.12. The Hall–Kier alpha value is -1.02. The van der Waals surface area contributed by atoms with E-state index in [1.54, 1.807) is 6.92 Å². The third-order valence-corrected chi connectivity index (χ3v) is 1.43. The maximum atomic E-state index is 8.96. The van der Waals surface area contributed by atoms with E-state index in [0.29, 0.717) is 0 Å². The molecule has 0 saturated heterocycles. The molecule has 1 atom stereocenters. The van der Waals surface area contributed by atoms with Gasteiger partial charge in [0.15, 0.2) is 0 Å². The van der Waals surface area contributed by atoms with Gasteiger partial charge in [-0.3, -0.25) is 0 Å². The number of nitrogens with one attached hydrogen (secondary N) is 1. The Morgan fingerprint density at radius 2 is 1.82 bits per heavy atom. The molecule has 0 bridgehead atoms. The molecule has 2 N–H and O–H groups in total. The highest BCUT2D eigenvalue weighted by Crippen LogP contribution is 2.08. The van der Waals surface area contributed by atoms with E-state index in [2.05, 4.69) is 5.32 Å². The molecule has 0 spiro atoms. The Kier molecular flexibility index (Phi) is 2.49. The van der Waals surface area contributed by atoms with Crippen molar-refractivity contribution < 1.29 is 5.11 Å². The Bertz CT molecular complexity index is 216. The zero-order valence-corrected chi connectivity index (χ0v) is 6.83. The molecule has 1 unspecified atom stereocenters. The number of hydrogen-bond donors (Lipinski definition) is 2. The van der Waals surface area contributed by atoms with Crippen molar-refractivity contribution in [1.29, 1.82) is 0 Å². The Balaban J connectivity index is 2.66. The molecule has 0 radical (unpaired) electrons. The van der Waals surface area contributed by atoms with Crippen LogP contribution >= 0.6 is 0 Å². The quantitative estimate of drug-likeness (QED) is 0.631. The van der Waals surface area contributed by atoms with E-state index in [0.717, 1.165) is 5.69 Å². The summed E-state index contributed by atoms with van der Waals surface area (Å²) in [5, 5.41) is 11.9. The summed E-state index contributed by atoms with van der Waals surface area (Å²) in [6.07, 6.45) is -0.488. The van der Waals surface area contributed by atoms with E-state index >= 15 is 0 Å². The van der Waals surface area contributed by atoms with Crippen molar-refractivity contribution in [3.63, 3.8) is 0 Å². The van der Waals surface area contributed by atoms with Gasteiger partial charge in [-0.25, -0.2) is 0 Å². The number of aliphatic hydroxyl groups is 1. The summed E-state index contributed by atoms with van der Waals surface area (Å²) in [5.41, 5.74) is 2.17. The standard InChI is InChI=1S/C9H13NO/c1-7-3-5-9(6-4-7)10-8(2)11/h3-6,8,10-11H,1-2H3. The second-order valence-electron chi connectivity index (χ2n) is 2.69. The number of rotatable bonds is 2. The van der Waals surface area contributed by atoms with Gasteiger partial charge in [0.1, 0.15) is 6.23 Å². The number of aryl methyl sites for hydroxylation is 1. The van der Waals surface area contributed by atoms with Gasteiger partial charge in [0.05, 0.1) is 0 Å².